The van der Waals surface area contributed by atoms with Crippen LogP contribution >= 0.6 is 15.9 Å². The Morgan fingerprint density at radius 3 is 2.85 bits per heavy atom. The lowest BCUT2D eigenvalue weighted by molar-refractivity contribution is 0.369. The first kappa shape index (κ1) is 9.21. The summed E-state index contributed by atoms with van der Waals surface area (Å²) in [7, 11) is 0. The molecule has 0 atom stereocenters. The molecule has 4 heteroatoms. The van der Waals surface area contributed by atoms with Gasteiger partial charge in [-0.05, 0) is 54.2 Å². The first-order valence-electron chi connectivity index (χ1n) is 4.74. The third kappa shape index (κ3) is 2.31. The van der Waals surface area contributed by atoms with Crippen LogP contribution in [-0.2, 0) is 6.42 Å². The summed E-state index contributed by atoms with van der Waals surface area (Å²) in [6, 6.07) is 0. The van der Waals surface area contributed by atoms with Gasteiger partial charge in [0.25, 0.3) is 0 Å². The summed E-state index contributed by atoms with van der Waals surface area (Å²) in [6.07, 6.45) is 5.52. The molecule has 2 heterocycles. The van der Waals surface area contributed by atoms with Crippen molar-refractivity contribution in [3.8, 4) is 0 Å². The van der Waals surface area contributed by atoms with Crippen LogP contribution < -0.4 is 5.32 Å². The first-order chi connectivity index (χ1) is 6.36. The van der Waals surface area contributed by atoms with E-state index in [0.717, 1.165) is 29.9 Å². The van der Waals surface area contributed by atoms with Gasteiger partial charge in [-0.3, -0.25) is 5.10 Å². The molecule has 1 aromatic rings. The van der Waals surface area contributed by atoms with Gasteiger partial charge >= 0.3 is 0 Å². The molecule has 1 aliphatic heterocycles. The molecule has 1 aliphatic rings. The summed E-state index contributed by atoms with van der Waals surface area (Å²) in [5.41, 5.74) is 1.24. The van der Waals surface area contributed by atoms with E-state index in [-0.39, 0.29) is 0 Å². The SMILES string of the molecule is Brc1cn[nH]c1CC1CCNCC1. The first-order valence-corrected chi connectivity index (χ1v) is 5.54. The Balaban J connectivity index is 1.93. The molecule has 1 aromatic heterocycles. The maximum absolute atomic E-state index is 4.00. The van der Waals surface area contributed by atoms with E-state index in [1.165, 1.54) is 18.5 Å². The second-order valence-electron chi connectivity index (χ2n) is 3.59. The fourth-order valence-corrected chi connectivity index (χ4v) is 2.17. The lowest BCUT2D eigenvalue weighted by atomic mass is 9.93. The highest BCUT2D eigenvalue weighted by atomic mass is 79.9. The molecular weight excluding hydrogens is 230 g/mol. The lowest BCUT2D eigenvalue weighted by Gasteiger charge is -2.21. The Bertz CT molecular complexity index is 266. The van der Waals surface area contributed by atoms with E-state index < -0.39 is 0 Å². The summed E-state index contributed by atoms with van der Waals surface area (Å²) in [6.45, 7) is 2.33. The molecule has 72 valence electrons. The number of H-pyrrole nitrogens is 1. The number of hydrogen-bond donors (Lipinski definition) is 2. The third-order valence-electron chi connectivity index (χ3n) is 2.62. The van der Waals surface area contributed by atoms with Crippen LogP contribution in [0.15, 0.2) is 10.7 Å². The molecule has 1 saturated heterocycles. The zero-order valence-corrected chi connectivity index (χ0v) is 9.10. The fourth-order valence-electron chi connectivity index (χ4n) is 1.82. The lowest BCUT2D eigenvalue weighted by Crippen LogP contribution is -2.28. The van der Waals surface area contributed by atoms with Crippen LogP contribution in [0, 0.1) is 5.92 Å². The molecule has 0 radical (unpaired) electrons. The molecule has 0 saturated carbocycles. The molecule has 3 nitrogen and oxygen atoms in total. The number of aromatic amines is 1. The van der Waals surface area contributed by atoms with Crippen molar-refractivity contribution in [1.29, 1.82) is 0 Å². The highest BCUT2D eigenvalue weighted by molar-refractivity contribution is 9.10. The molecular formula is C9H14BrN3. The number of piperidine rings is 1. The summed E-state index contributed by atoms with van der Waals surface area (Å²) in [5.74, 6) is 0.818. The van der Waals surface area contributed by atoms with E-state index in [2.05, 4.69) is 31.4 Å². The van der Waals surface area contributed by atoms with E-state index >= 15 is 0 Å². The Hall–Kier alpha value is -0.350. The minimum Gasteiger partial charge on any atom is -0.317 e. The van der Waals surface area contributed by atoms with Crippen molar-refractivity contribution in [1.82, 2.24) is 15.5 Å². The van der Waals surface area contributed by atoms with Crippen molar-refractivity contribution in [2.75, 3.05) is 13.1 Å². The average molecular weight is 244 g/mol. The second-order valence-corrected chi connectivity index (χ2v) is 4.45. The van der Waals surface area contributed by atoms with Gasteiger partial charge in [-0.2, -0.15) is 5.10 Å². The maximum atomic E-state index is 4.00. The molecule has 0 bridgehead atoms. The van der Waals surface area contributed by atoms with Crippen molar-refractivity contribution in [3.63, 3.8) is 0 Å². The zero-order valence-electron chi connectivity index (χ0n) is 7.52. The van der Waals surface area contributed by atoms with E-state index in [1.54, 1.807) is 0 Å². The Morgan fingerprint density at radius 1 is 1.46 bits per heavy atom. The van der Waals surface area contributed by atoms with Gasteiger partial charge in [-0.25, -0.2) is 0 Å². The van der Waals surface area contributed by atoms with Crippen molar-refractivity contribution in [2.24, 2.45) is 5.92 Å². The van der Waals surface area contributed by atoms with Gasteiger partial charge < -0.3 is 5.32 Å². The number of halogens is 1. The monoisotopic (exact) mass is 243 g/mol. The zero-order chi connectivity index (χ0) is 9.10. The predicted molar refractivity (Wildman–Crippen MR) is 55.6 cm³/mol. The molecule has 0 amide bonds. The number of hydrogen-bond acceptors (Lipinski definition) is 2. The largest absolute Gasteiger partial charge is 0.317 e. The number of rotatable bonds is 2. The van der Waals surface area contributed by atoms with Crippen molar-refractivity contribution in [2.45, 2.75) is 19.3 Å². The van der Waals surface area contributed by atoms with Gasteiger partial charge in [0.2, 0.25) is 0 Å². The maximum Gasteiger partial charge on any atom is 0.0632 e. The van der Waals surface area contributed by atoms with Gasteiger partial charge in [0.15, 0.2) is 0 Å². The number of aromatic nitrogens is 2. The highest BCUT2D eigenvalue weighted by Crippen LogP contribution is 2.21. The van der Waals surface area contributed by atoms with Crippen LogP contribution in [0.3, 0.4) is 0 Å². The second kappa shape index (κ2) is 4.24. The minimum absolute atomic E-state index is 0.818. The summed E-state index contributed by atoms with van der Waals surface area (Å²) in [4.78, 5) is 0. The van der Waals surface area contributed by atoms with Crippen LogP contribution in [0.2, 0.25) is 0 Å². The fraction of sp³-hybridized carbons (Fsp3) is 0.667. The van der Waals surface area contributed by atoms with Crippen LogP contribution in [0.1, 0.15) is 18.5 Å². The molecule has 0 spiro atoms. The van der Waals surface area contributed by atoms with Crippen molar-refractivity contribution >= 4 is 15.9 Å². The molecule has 13 heavy (non-hydrogen) atoms. The van der Waals surface area contributed by atoms with Gasteiger partial charge in [0.1, 0.15) is 0 Å². The van der Waals surface area contributed by atoms with Crippen LogP contribution in [0.5, 0.6) is 0 Å². The van der Waals surface area contributed by atoms with Crippen LogP contribution in [-0.4, -0.2) is 23.3 Å². The molecule has 0 aromatic carbocycles. The quantitative estimate of drug-likeness (QED) is 0.831. The van der Waals surface area contributed by atoms with Crippen LogP contribution in [0.4, 0.5) is 0 Å². The van der Waals surface area contributed by atoms with Crippen LogP contribution in [0.25, 0.3) is 0 Å². The molecule has 0 unspecified atom stereocenters. The average Bonchev–Trinajstić information content (AvgIpc) is 2.54. The molecule has 0 aliphatic carbocycles. The van der Waals surface area contributed by atoms with E-state index in [0.29, 0.717) is 0 Å². The van der Waals surface area contributed by atoms with Gasteiger partial charge in [-0.15, -0.1) is 0 Å². The summed E-state index contributed by atoms with van der Waals surface area (Å²) in [5, 5.41) is 10.4. The Morgan fingerprint density at radius 2 is 2.23 bits per heavy atom. The summed E-state index contributed by atoms with van der Waals surface area (Å²) < 4.78 is 1.12. The molecule has 2 N–H and O–H groups in total. The molecule has 1 fully saturated rings. The summed E-state index contributed by atoms with van der Waals surface area (Å²) >= 11 is 3.48. The predicted octanol–water partition coefficient (Wildman–Crippen LogP) is 1.71. The van der Waals surface area contributed by atoms with E-state index in [4.69, 9.17) is 0 Å². The third-order valence-corrected chi connectivity index (χ3v) is 3.30. The normalized spacial score (nSPS) is 19.2. The van der Waals surface area contributed by atoms with Gasteiger partial charge in [0, 0.05) is 5.69 Å². The standard InChI is InChI=1S/C9H14BrN3/c10-8-6-12-13-9(8)5-7-1-3-11-4-2-7/h6-7,11H,1-5H2,(H,12,13). The molecule has 2 rings (SSSR count). The Labute approximate surface area is 86.4 Å². The van der Waals surface area contributed by atoms with E-state index in [9.17, 15) is 0 Å². The smallest absolute Gasteiger partial charge is 0.0632 e. The van der Waals surface area contributed by atoms with E-state index in [1.807, 2.05) is 6.20 Å². The number of nitrogens with zero attached hydrogens (tertiary/aromatic N) is 1. The van der Waals surface area contributed by atoms with Crippen molar-refractivity contribution in [3.05, 3.63) is 16.4 Å². The van der Waals surface area contributed by atoms with Crippen molar-refractivity contribution < 1.29 is 0 Å². The topological polar surface area (TPSA) is 40.7 Å². The number of nitrogens with one attached hydrogen (secondary N) is 2. The minimum atomic E-state index is 0.818. The van der Waals surface area contributed by atoms with Gasteiger partial charge in [-0.1, -0.05) is 0 Å². The Kier molecular flexibility index (Phi) is 3.01. The van der Waals surface area contributed by atoms with Gasteiger partial charge in [0.05, 0.1) is 10.7 Å². The highest BCUT2D eigenvalue weighted by Gasteiger charge is 2.15.